The van der Waals surface area contributed by atoms with Crippen LogP contribution >= 0.6 is 11.8 Å². The Morgan fingerprint density at radius 3 is 2.69 bits per heavy atom. The molecule has 3 aromatic rings. The number of anilines is 1. The molecule has 0 spiro atoms. The fourth-order valence-corrected chi connectivity index (χ4v) is 3.50. The molecule has 130 valence electrons. The van der Waals surface area contributed by atoms with Crippen molar-refractivity contribution >= 4 is 23.4 Å². The standard InChI is InChI=1S/C18H15N5O2S/c1-11(24)22-14-9-4-3-7-12(14)15-16(25)20-18(26-2)21-23(15)17(22)13-8-5-6-10-19-13/h3-10,17H,1-2H3. The zero-order valence-corrected chi connectivity index (χ0v) is 15.0. The Bertz CT molecular complexity index is 996. The molecule has 0 fully saturated rings. The van der Waals surface area contributed by atoms with E-state index in [9.17, 15) is 9.90 Å². The van der Waals surface area contributed by atoms with Gasteiger partial charge >= 0.3 is 6.17 Å². The van der Waals surface area contributed by atoms with Crippen LogP contribution in [-0.2, 0) is 4.79 Å². The van der Waals surface area contributed by atoms with Crippen LogP contribution in [0.3, 0.4) is 0 Å². The molecule has 8 heteroatoms. The van der Waals surface area contributed by atoms with Gasteiger partial charge in [0.2, 0.25) is 5.91 Å². The van der Waals surface area contributed by atoms with Gasteiger partial charge in [-0.15, -0.1) is 0 Å². The molecule has 1 atom stereocenters. The molecule has 1 unspecified atom stereocenters. The first-order valence-electron chi connectivity index (χ1n) is 7.97. The maximum atomic E-state index is 12.8. The third-order valence-corrected chi connectivity index (χ3v) is 4.73. The Balaban J connectivity index is 2.08. The lowest BCUT2D eigenvalue weighted by molar-refractivity contribution is -0.764. The second kappa shape index (κ2) is 6.38. The second-order valence-corrected chi connectivity index (χ2v) is 6.50. The maximum absolute atomic E-state index is 12.8. The number of hydrogen-bond donors (Lipinski definition) is 0. The first-order valence-corrected chi connectivity index (χ1v) is 9.19. The van der Waals surface area contributed by atoms with Gasteiger partial charge in [0.1, 0.15) is 5.69 Å². The number of rotatable bonds is 2. The van der Waals surface area contributed by atoms with E-state index in [1.165, 1.54) is 18.7 Å². The number of thioether (sulfide) groups is 1. The molecule has 1 aliphatic rings. The van der Waals surface area contributed by atoms with Crippen molar-refractivity contribution < 1.29 is 14.6 Å². The van der Waals surface area contributed by atoms with Gasteiger partial charge in [-0.1, -0.05) is 34.6 Å². The van der Waals surface area contributed by atoms with Crippen molar-refractivity contribution in [2.75, 3.05) is 11.2 Å². The number of benzene rings is 1. The van der Waals surface area contributed by atoms with Crippen molar-refractivity contribution in [3.05, 3.63) is 54.4 Å². The van der Waals surface area contributed by atoms with E-state index in [0.29, 0.717) is 27.8 Å². The largest absolute Gasteiger partial charge is 0.854 e. The van der Waals surface area contributed by atoms with Crippen molar-refractivity contribution in [1.82, 2.24) is 15.1 Å². The van der Waals surface area contributed by atoms with Crippen LogP contribution in [0.1, 0.15) is 18.8 Å². The first kappa shape index (κ1) is 16.5. The number of fused-ring (bicyclic) bond motifs is 3. The van der Waals surface area contributed by atoms with E-state index in [4.69, 9.17) is 0 Å². The molecule has 2 aromatic heterocycles. The van der Waals surface area contributed by atoms with Crippen molar-refractivity contribution in [3.63, 3.8) is 0 Å². The van der Waals surface area contributed by atoms with Crippen LogP contribution in [0.5, 0.6) is 5.88 Å². The van der Waals surface area contributed by atoms with Crippen LogP contribution < -0.4 is 14.7 Å². The van der Waals surface area contributed by atoms with Crippen LogP contribution in [0, 0.1) is 0 Å². The molecule has 1 amide bonds. The molecular formula is C18H15N5O2S. The van der Waals surface area contributed by atoms with Crippen LogP contribution in [0.25, 0.3) is 11.3 Å². The van der Waals surface area contributed by atoms with Crippen molar-refractivity contribution in [1.29, 1.82) is 0 Å². The van der Waals surface area contributed by atoms with E-state index in [-0.39, 0.29) is 11.8 Å². The Hall–Kier alpha value is -3.00. The smallest absolute Gasteiger partial charge is 0.309 e. The van der Waals surface area contributed by atoms with E-state index in [1.54, 1.807) is 34.2 Å². The highest BCUT2D eigenvalue weighted by Crippen LogP contribution is 2.40. The molecule has 4 rings (SSSR count). The lowest BCUT2D eigenvalue weighted by Gasteiger charge is -2.32. The molecule has 0 saturated carbocycles. The summed E-state index contributed by atoms with van der Waals surface area (Å²) in [7, 11) is 0. The Kier molecular flexibility index (Phi) is 4.04. The van der Waals surface area contributed by atoms with Gasteiger partial charge in [0.05, 0.1) is 17.1 Å². The summed E-state index contributed by atoms with van der Waals surface area (Å²) in [5, 5.41) is 17.6. The van der Waals surface area contributed by atoms with Gasteiger partial charge in [0.25, 0.3) is 10.9 Å². The van der Waals surface area contributed by atoms with Crippen LogP contribution in [-0.4, -0.2) is 27.2 Å². The van der Waals surface area contributed by atoms with Gasteiger partial charge in [-0.05, 0) is 30.5 Å². The van der Waals surface area contributed by atoms with Gasteiger partial charge in [-0.25, -0.2) is 9.88 Å². The lowest BCUT2D eigenvalue weighted by Crippen LogP contribution is -2.59. The van der Waals surface area contributed by atoms with E-state index in [0.717, 1.165) is 0 Å². The molecule has 7 nitrogen and oxygen atoms in total. The fourth-order valence-electron chi connectivity index (χ4n) is 3.16. The highest BCUT2D eigenvalue weighted by atomic mass is 32.2. The summed E-state index contributed by atoms with van der Waals surface area (Å²) in [5.41, 5.74) is 2.25. The molecule has 0 aliphatic carbocycles. The minimum atomic E-state index is -0.653. The third-order valence-electron chi connectivity index (χ3n) is 4.19. The predicted octanol–water partition coefficient (Wildman–Crippen LogP) is 1.53. The van der Waals surface area contributed by atoms with Crippen LogP contribution in [0.15, 0.2) is 53.8 Å². The number of para-hydroxylation sites is 1. The van der Waals surface area contributed by atoms with Gasteiger partial charge in [0, 0.05) is 18.2 Å². The molecule has 0 N–H and O–H groups in total. The fraction of sp³-hybridized carbons (Fsp3) is 0.167. The number of pyridine rings is 1. The average molecular weight is 365 g/mol. The number of carbonyl (C=O) groups is 1. The van der Waals surface area contributed by atoms with E-state index in [2.05, 4.69) is 15.1 Å². The Morgan fingerprint density at radius 1 is 1.23 bits per heavy atom. The molecule has 3 heterocycles. The second-order valence-electron chi connectivity index (χ2n) is 5.73. The molecule has 1 aliphatic heterocycles. The molecule has 0 radical (unpaired) electrons. The summed E-state index contributed by atoms with van der Waals surface area (Å²) in [5.74, 6) is -0.538. The Morgan fingerprint density at radius 2 is 2.00 bits per heavy atom. The summed E-state index contributed by atoms with van der Waals surface area (Å²) < 4.78 is 1.56. The molecule has 0 bridgehead atoms. The Labute approximate surface area is 154 Å². The van der Waals surface area contributed by atoms with Crippen molar-refractivity contribution in [2.45, 2.75) is 18.2 Å². The summed E-state index contributed by atoms with van der Waals surface area (Å²) in [6.45, 7) is 1.49. The first-order chi connectivity index (χ1) is 12.6. The van der Waals surface area contributed by atoms with Crippen LogP contribution in [0.4, 0.5) is 5.69 Å². The third kappa shape index (κ3) is 2.50. The maximum Gasteiger partial charge on any atom is 0.309 e. The summed E-state index contributed by atoms with van der Waals surface area (Å²) >= 11 is 1.28. The topological polar surface area (TPSA) is 85.9 Å². The van der Waals surface area contributed by atoms with Crippen molar-refractivity contribution in [3.8, 4) is 17.1 Å². The van der Waals surface area contributed by atoms with E-state index >= 15 is 0 Å². The zero-order valence-electron chi connectivity index (χ0n) is 14.2. The number of aromatic nitrogens is 4. The zero-order chi connectivity index (χ0) is 18.3. The quantitative estimate of drug-likeness (QED) is 0.506. The van der Waals surface area contributed by atoms with E-state index < -0.39 is 6.17 Å². The SMILES string of the molecule is CSc1nc([O-])c2[n+](n1)C(c1ccccn1)N(C(C)=O)c1ccccc1-2. The lowest BCUT2D eigenvalue weighted by atomic mass is 10.0. The number of amides is 1. The number of hydrogen-bond acceptors (Lipinski definition) is 6. The van der Waals surface area contributed by atoms with Gasteiger partial charge in [-0.2, -0.15) is 0 Å². The summed E-state index contributed by atoms with van der Waals surface area (Å²) in [4.78, 5) is 22.6. The number of nitrogens with zero attached hydrogens (tertiary/aromatic N) is 5. The highest BCUT2D eigenvalue weighted by molar-refractivity contribution is 7.98. The van der Waals surface area contributed by atoms with E-state index in [1.807, 2.05) is 30.3 Å². The van der Waals surface area contributed by atoms with Crippen LogP contribution in [0.2, 0.25) is 0 Å². The predicted molar refractivity (Wildman–Crippen MR) is 94.4 cm³/mol. The normalized spacial score (nSPS) is 15.3. The monoisotopic (exact) mass is 365 g/mol. The molecule has 1 aromatic carbocycles. The highest BCUT2D eigenvalue weighted by Gasteiger charge is 2.44. The minimum Gasteiger partial charge on any atom is -0.854 e. The van der Waals surface area contributed by atoms with Crippen molar-refractivity contribution in [2.24, 2.45) is 0 Å². The minimum absolute atomic E-state index is 0.164. The van der Waals surface area contributed by atoms with Gasteiger partial charge in [0.15, 0.2) is 0 Å². The number of carbonyl (C=O) groups excluding carboxylic acids is 1. The molecular weight excluding hydrogens is 350 g/mol. The molecule has 26 heavy (non-hydrogen) atoms. The average Bonchev–Trinajstić information content (AvgIpc) is 2.66. The molecule has 0 saturated heterocycles. The van der Waals surface area contributed by atoms with Gasteiger partial charge in [-0.3, -0.25) is 9.78 Å². The summed E-state index contributed by atoms with van der Waals surface area (Å²) in [6.07, 6.45) is 2.81. The summed E-state index contributed by atoms with van der Waals surface area (Å²) in [6, 6.07) is 12.7. The van der Waals surface area contributed by atoms with Gasteiger partial charge < -0.3 is 5.11 Å².